The third kappa shape index (κ3) is 5.51. The Bertz CT molecular complexity index is 2900. The van der Waals surface area contributed by atoms with Crippen molar-refractivity contribution < 1.29 is 0 Å². The summed E-state index contributed by atoms with van der Waals surface area (Å²) in [4.78, 5) is 2.35. The van der Waals surface area contributed by atoms with Gasteiger partial charge in [-0.3, -0.25) is 0 Å². The number of para-hydroxylation sites is 1. The molecule has 0 unspecified atom stereocenters. The van der Waals surface area contributed by atoms with Crippen LogP contribution in [0.25, 0.3) is 75.1 Å². The molecular formula is C50H33NS. The molecule has 10 rings (SSSR count). The highest BCUT2D eigenvalue weighted by Crippen LogP contribution is 2.40. The molecule has 9 aromatic carbocycles. The van der Waals surface area contributed by atoms with Gasteiger partial charge in [0.25, 0.3) is 0 Å². The van der Waals surface area contributed by atoms with Gasteiger partial charge in [0.05, 0.1) is 0 Å². The zero-order valence-corrected chi connectivity index (χ0v) is 29.2. The van der Waals surface area contributed by atoms with E-state index in [2.05, 4.69) is 205 Å². The van der Waals surface area contributed by atoms with Crippen molar-refractivity contribution in [2.75, 3.05) is 4.90 Å². The zero-order valence-electron chi connectivity index (χ0n) is 28.4. The summed E-state index contributed by atoms with van der Waals surface area (Å²) in [5.41, 5.74) is 10.7. The fraction of sp³-hybridized carbons (Fsp3) is 0. The third-order valence-corrected chi connectivity index (χ3v) is 11.3. The lowest BCUT2D eigenvalue weighted by Crippen LogP contribution is -2.09. The monoisotopic (exact) mass is 679 g/mol. The van der Waals surface area contributed by atoms with Crippen molar-refractivity contribution >= 4 is 70.1 Å². The van der Waals surface area contributed by atoms with Crippen LogP contribution in [-0.2, 0) is 0 Å². The molecule has 1 heterocycles. The van der Waals surface area contributed by atoms with E-state index in [-0.39, 0.29) is 0 Å². The van der Waals surface area contributed by atoms with Gasteiger partial charge >= 0.3 is 0 Å². The fourth-order valence-corrected chi connectivity index (χ4v) is 8.68. The molecule has 0 saturated heterocycles. The molecule has 52 heavy (non-hydrogen) atoms. The van der Waals surface area contributed by atoms with Crippen molar-refractivity contribution in [3.63, 3.8) is 0 Å². The molecule has 0 spiro atoms. The number of hydrogen-bond donors (Lipinski definition) is 0. The van der Waals surface area contributed by atoms with Crippen molar-refractivity contribution in [1.82, 2.24) is 0 Å². The predicted octanol–water partition coefficient (Wildman–Crippen LogP) is 14.8. The van der Waals surface area contributed by atoms with E-state index in [9.17, 15) is 0 Å². The van der Waals surface area contributed by atoms with E-state index >= 15 is 0 Å². The third-order valence-electron chi connectivity index (χ3n) is 10.2. The molecule has 10 aromatic rings. The van der Waals surface area contributed by atoms with Crippen LogP contribution in [0.3, 0.4) is 0 Å². The molecule has 1 nitrogen and oxygen atoms in total. The molecule has 1 aromatic heterocycles. The van der Waals surface area contributed by atoms with Crippen LogP contribution in [0, 0.1) is 0 Å². The predicted molar refractivity (Wildman–Crippen MR) is 225 cm³/mol. The summed E-state index contributed by atoms with van der Waals surface area (Å²) < 4.78 is 2.66. The van der Waals surface area contributed by atoms with E-state index in [4.69, 9.17) is 0 Å². The highest BCUT2D eigenvalue weighted by atomic mass is 32.1. The zero-order chi connectivity index (χ0) is 34.4. The molecule has 0 fully saturated rings. The minimum Gasteiger partial charge on any atom is -0.310 e. The molecule has 0 aliphatic heterocycles. The molecule has 0 radical (unpaired) electrons. The van der Waals surface area contributed by atoms with Crippen molar-refractivity contribution in [1.29, 1.82) is 0 Å². The van der Waals surface area contributed by atoms with Gasteiger partial charge < -0.3 is 4.90 Å². The van der Waals surface area contributed by atoms with E-state index in [1.54, 1.807) is 0 Å². The Labute approximate surface area is 307 Å². The van der Waals surface area contributed by atoms with E-state index in [0.717, 1.165) is 17.1 Å². The molecule has 0 N–H and O–H groups in total. The van der Waals surface area contributed by atoms with Crippen LogP contribution in [0.15, 0.2) is 200 Å². The second-order valence-corrected chi connectivity index (χ2v) is 14.5. The summed E-state index contributed by atoms with van der Waals surface area (Å²) in [5, 5.41) is 7.66. The first-order valence-electron chi connectivity index (χ1n) is 17.7. The lowest BCUT2D eigenvalue weighted by atomic mass is 9.96. The Morgan fingerprint density at radius 1 is 0.269 bits per heavy atom. The molecule has 2 heteroatoms. The minimum atomic E-state index is 1.12. The Morgan fingerprint density at radius 3 is 1.52 bits per heavy atom. The first-order valence-corrected chi connectivity index (χ1v) is 18.6. The van der Waals surface area contributed by atoms with Crippen LogP contribution >= 0.6 is 11.3 Å². The van der Waals surface area contributed by atoms with Gasteiger partial charge in [-0.05, 0) is 122 Å². The Balaban J connectivity index is 0.978. The number of nitrogens with zero attached hydrogens (tertiary/aromatic N) is 1. The van der Waals surface area contributed by atoms with Gasteiger partial charge in [-0.2, -0.15) is 0 Å². The highest BCUT2D eigenvalue weighted by Gasteiger charge is 2.15. The number of rotatable bonds is 6. The molecule has 0 aliphatic carbocycles. The number of thiophene rings is 1. The van der Waals surface area contributed by atoms with Crippen LogP contribution in [-0.4, -0.2) is 0 Å². The average molecular weight is 680 g/mol. The number of benzene rings is 9. The minimum absolute atomic E-state index is 1.12. The number of hydrogen-bond acceptors (Lipinski definition) is 2. The van der Waals surface area contributed by atoms with E-state index in [1.807, 2.05) is 11.3 Å². The van der Waals surface area contributed by atoms with Crippen LogP contribution < -0.4 is 4.90 Å². The largest absolute Gasteiger partial charge is 0.310 e. The maximum Gasteiger partial charge on any atom is 0.0467 e. The van der Waals surface area contributed by atoms with Crippen LogP contribution in [0.1, 0.15) is 0 Å². The summed E-state index contributed by atoms with van der Waals surface area (Å²) >= 11 is 1.86. The van der Waals surface area contributed by atoms with Gasteiger partial charge in [-0.25, -0.2) is 0 Å². The van der Waals surface area contributed by atoms with Gasteiger partial charge in [0.1, 0.15) is 0 Å². The summed E-state index contributed by atoms with van der Waals surface area (Å²) in [6, 6.07) is 73.0. The Kier molecular flexibility index (Phi) is 7.41. The summed E-state index contributed by atoms with van der Waals surface area (Å²) in [5.74, 6) is 0. The maximum absolute atomic E-state index is 2.35. The van der Waals surface area contributed by atoms with Crippen LogP contribution in [0.2, 0.25) is 0 Å². The molecule has 0 amide bonds. The first-order chi connectivity index (χ1) is 25.7. The van der Waals surface area contributed by atoms with Gasteiger partial charge in [0, 0.05) is 37.2 Å². The molecule has 0 aliphatic rings. The number of anilines is 3. The lowest BCUT2D eigenvalue weighted by Gasteiger charge is -2.26. The quantitative estimate of drug-likeness (QED) is 0.169. The topological polar surface area (TPSA) is 3.24 Å². The van der Waals surface area contributed by atoms with Gasteiger partial charge in [0.2, 0.25) is 0 Å². The normalized spacial score (nSPS) is 11.5. The van der Waals surface area contributed by atoms with Gasteiger partial charge in [-0.15, -0.1) is 11.3 Å². The first kappa shape index (κ1) is 30.4. The molecule has 244 valence electrons. The smallest absolute Gasteiger partial charge is 0.0467 e. The summed E-state index contributed by atoms with van der Waals surface area (Å²) in [6.45, 7) is 0. The van der Waals surface area contributed by atoms with Gasteiger partial charge in [0.15, 0.2) is 0 Å². The SMILES string of the molecule is c1ccc(N(c2ccc(-c3ccc4c(c3)sc3ccccc34)cc2)c2cccc(-c3ccc4cc(-c5ccc6ccccc6c5)ccc4c3)c2)cc1. The standard InChI is InChI=1S/C50H33NS/c1-2-12-44(13-3-1)51(45-26-23-35(24-27-45)43-25-28-48-47-15-6-7-16-49(47)52-50(48)33-43)46-14-8-11-37(32-46)38-19-20-42-31-41(22-21-40(42)30-38)39-18-17-34-9-4-5-10-36(34)29-39/h1-33H. The number of fused-ring (bicyclic) bond motifs is 5. The molecule has 0 bridgehead atoms. The summed E-state index contributed by atoms with van der Waals surface area (Å²) in [7, 11) is 0. The van der Waals surface area contributed by atoms with E-state index in [0.29, 0.717) is 0 Å². The van der Waals surface area contributed by atoms with Crippen molar-refractivity contribution in [3.8, 4) is 33.4 Å². The lowest BCUT2D eigenvalue weighted by molar-refractivity contribution is 1.28. The molecular weight excluding hydrogens is 647 g/mol. The second-order valence-electron chi connectivity index (χ2n) is 13.4. The highest BCUT2D eigenvalue weighted by molar-refractivity contribution is 7.25. The maximum atomic E-state index is 2.35. The van der Waals surface area contributed by atoms with Crippen LogP contribution in [0.4, 0.5) is 17.1 Å². The van der Waals surface area contributed by atoms with E-state index < -0.39 is 0 Å². The molecule has 0 saturated carbocycles. The summed E-state index contributed by atoms with van der Waals surface area (Å²) in [6.07, 6.45) is 0. The van der Waals surface area contributed by atoms with Crippen molar-refractivity contribution in [2.24, 2.45) is 0 Å². The van der Waals surface area contributed by atoms with E-state index in [1.165, 1.54) is 75.1 Å². The van der Waals surface area contributed by atoms with Crippen molar-refractivity contribution in [3.05, 3.63) is 200 Å². The second kappa shape index (κ2) is 12.7. The van der Waals surface area contributed by atoms with Crippen LogP contribution in [0.5, 0.6) is 0 Å². The Morgan fingerprint density at radius 2 is 0.769 bits per heavy atom. The Hall–Kier alpha value is -6.48. The average Bonchev–Trinajstić information content (AvgIpc) is 3.59. The fourth-order valence-electron chi connectivity index (χ4n) is 7.53. The van der Waals surface area contributed by atoms with Gasteiger partial charge in [-0.1, -0.05) is 133 Å². The van der Waals surface area contributed by atoms with Crippen molar-refractivity contribution in [2.45, 2.75) is 0 Å². The molecule has 0 atom stereocenters.